The van der Waals surface area contributed by atoms with Crippen LogP contribution in [-0.2, 0) is 0 Å². The second-order valence-electron chi connectivity index (χ2n) is 3.73. The quantitative estimate of drug-likeness (QED) is 0.619. The van der Waals surface area contributed by atoms with Gasteiger partial charge in [0, 0.05) is 0 Å². The van der Waals surface area contributed by atoms with E-state index in [1.54, 1.807) is 11.8 Å². The summed E-state index contributed by atoms with van der Waals surface area (Å²) in [5.41, 5.74) is 3.89. The number of hydrogen-bond acceptors (Lipinski definition) is 1. The highest BCUT2D eigenvalue weighted by atomic mass is 32.2. The van der Waals surface area contributed by atoms with Gasteiger partial charge >= 0.3 is 0 Å². The minimum absolute atomic E-state index is 1.07. The Morgan fingerprint density at radius 1 is 1.27 bits per heavy atom. The largest absolute Gasteiger partial charge is 0.130 e. The van der Waals surface area contributed by atoms with Gasteiger partial charge in [-0.1, -0.05) is 37.0 Å². The zero-order chi connectivity index (χ0) is 11.3. The van der Waals surface area contributed by atoms with E-state index in [0.29, 0.717) is 0 Å². The number of rotatable bonds is 4. The van der Waals surface area contributed by atoms with Crippen molar-refractivity contribution in [2.45, 2.75) is 19.8 Å². The Bertz CT molecular complexity index is 354. The molecule has 1 rings (SSSR count). The SMILES string of the molecule is C=C(/C=C\C(=C)C1=CC=C(C)CC1)SC. The normalized spacial score (nSPS) is 16.1. The van der Waals surface area contributed by atoms with Gasteiger partial charge in [0.05, 0.1) is 0 Å². The number of allylic oxidation sites excluding steroid dienone is 7. The van der Waals surface area contributed by atoms with Gasteiger partial charge in [0.15, 0.2) is 0 Å². The lowest BCUT2D eigenvalue weighted by Gasteiger charge is -2.11. The van der Waals surface area contributed by atoms with Gasteiger partial charge in [0.25, 0.3) is 0 Å². The maximum Gasteiger partial charge on any atom is -0.000264 e. The van der Waals surface area contributed by atoms with E-state index in [1.807, 2.05) is 12.3 Å². The molecule has 1 aliphatic carbocycles. The van der Waals surface area contributed by atoms with Crippen molar-refractivity contribution in [2.24, 2.45) is 0 Å². The van der Waals surface area contributed by atoms with Crippen LogP contribution in [-0.4, -0.2) is 6.26 Å². The lowest BCUT2D eigenvalue weighted by Crippen LogP contribution is -1.92. The molecule has 0 nitrogen and oxygen atoms in total. The highest BCUT2D eigenvalue weighted by molar-refractivity contribution is 8.02. The zero-order valence-electron chi connectivity index (χ0n) is 9.55. The first-order valence-corrected chi connectivity index (χ1v) is 6.32. The van der Waals surface area contributed by atoms with Gasteiger partial charge < -0.3 is 0 Å². The van der Waals surface area contributed by atoms with E-state index < -0.39 is 0 Å². The number of thioether (sulfide) groups is 1. The van der Waals surface area contributed by atoms with Crippen molar-refractivity contribution in [3.63, 3.8) is 0 Å². The van der Waals surface area contributed by atoms with Crippen LogP contribution in [0.3, 0.4) is 0 Å². The van der Waals surface area contributed by atoms with Crippen LogP contribution in [0.2, 0.25) is 0 Å². The molecule has 80 valence electrons. The van der Waals surface area contributed by atoms with Crippen LogP contribution in [0.1, 0.15) is 19.8 Å². The molecule has 0 aromatic rings. The standard InChI is InChI=1S/C14H18S/c1-11-5-9-14(10-6-11)12(2)7-8-13(3)15-4/h5,7-9H,2-3,6,10H2,1,4H3/b8-7-. The molecule has 0 saturated heterocycles. The van der Waals surface area contributed by atoms with Gasteiger partial charge in [-0.15, -0.1) is 11.8 Å². The van der Waals surface area contributed by atoms with Crippen molar-refractivity contribution >= 4 is 11.8 Å². The summed E-state index contributed by atoms with van der Waals surface area (Å²) in [6, 6.07) is 0. The molecule has 0 aromatic carbocycles. The molecule has 0 aromatic heterocycles. The Morgan fingerprint density at radius 2 is 2.00 bits per heavy atom. The average molecular weight is 218 g/mol. The molecule has 0 radical (unpaired) electrons. The Morgan fingerprint density at radius 3 is 2.53 bits per heavy atom. The smallest absolute Gasteiger partial charge is 0.000264 e. The van der Waals surface area contributed by atoms with Crippen LogP contribution in [0, 0.1) is 0 Å². The van der Waals surface area contributed by atoms with Crippen molar-refractivity contribution < 1.29 is 0 Å². The molecular weight excluding hydrogens is 200 g/mol. The Balaban J connectivity index is 2.63. The second kappa shape index (κ2) is 5.82. The molecule has 0 unspecified atom stereocenters. The average Bonchev–Trinajstić information content (AvgIpc) is 2.26. The third-order valence-corrected chi connectivity index (χ3v) is 3.16. The molecule has 0 amide bonds. The first kappa shape index (κ1) is 12.1. The monoisotopic (exact) mass is 218 g/mol. The predicted molar refractivity (Wildman–Crippen MR) is 72.0 cm³/mol. The third-order valence-electron chi connectivity index (χ3n) is 2.50. The van der Waals surface area contributed by atoms with Crippen LogP contribution in [0.15, 0.2) is 59.1 Å². The summed E-state index contributed by atoms with van der Waals surface area (Å²) >= 11 is 1.66. The molecule has 0 fully saturated rings. The molecule has 1 aliphatic rings. The fraction of sp³-hybridized carbons (Fsp3) is 0.286. The van der Waals surface area contributed by atoms with Crippen molar-refractivity contribution in [3.05, 3.63) is 59.1 Å². The summed E-state index contributed by atoms with van der Waals surface area (Å²) < 4.78 is 0. The maximum atomic E-state index is 4.07. The van der Waals surface area contributed by atoms with Gasteiger partial charge in [-0.05, 0) is 48.1 Å². The van der Waals surface area contributed by atoms with E-state index in [9.17, 15) is 0 Å². The summed E-state index contributed by atoms with van der Waals surface area (Å²) in [6.45, 7) is 10.1. The topological polar surface area (TPSA) is 0 Å². The maximum absolute atomic E-state index is 4.07. The summed E-state index contributed by atoms with van der Waals surface area (Å²) in [5.74, 6) is 0. The summed E-state index contributed by atoms with van der Waals surface area (Å²) in [6.07, 6.45) is 12.7. The summed E-state index contributed by atoms with van der Waals surface area (Å²) in [5, 5.41) is 0. The summed E-state index contributed by atoms with van der Waals surface area (Å²) in [4.78, 5) is 1.07. The highest BCUT2D eigenvalue weighted by Crippen LogP contribution is 2.24. The van der Waals surface area contributed by atoms with Crippen molar-refractivity contribution in [2.75, 3.05) is 6.26 Å². The molecule has 0 spiro atoms. The van der Waals surface area contributed by atoms with Crippen LogP contribution in [0.4, 0.5) is 0 Å². The van der Waals surface area contributed by atoms with Gasteiger partial charge in [0.1, 0.15) is 0 Å². The lowest BCUT2D eigenvalue weighted by atomic mass is 9.94. The fourth-order valence-electron chi connectivity index (χ4n) is 1.38. The minimum atomic E-state index is 1.07. The first-order valence-electron chi connectivity index (χ1n) is 5.10. The molecule has 15 heavy (non-hydrogen) atoms. The Hall–Kier alpha value is -0.950. The number of hydrogen-bond donors (Lipinski definition) is 0. The van der Waals surface area contributed by atoms with E-state index in [1.165, 1.54) is 11.1 Å². The van der Waals surface area contributed by atoms with Crippen molar-refractivity contribution in [3.8, 4) is 0 Å². The van der Waals surface area contributed by atoms with Crippen LogP contribution >= 0.6 is 11.8 Å². The van der Waals surface area contributed by atoms with Gasteiger partial charge in [-0.2, -0.15) is 0 Å². The summed E-state index contributed by atoms with van der Waals surface area (Å²) in [7, 11) is 0. The molecule has 1 heteroatoms. The molecule has 0 heterocycles. The minimum Gasteiger partial charge on any atom is -0.130 e. The fourth-order valence-corrected chi connectivity index (χ4v) is 1.58. The molecule has 0 bridgehead atoms. The van der Waals surface area contributed by atoms with Gasteiger partial charge in [-0.3, -0.25) is 0 Å². The van der Waals surface area contributed by atoms with E-state index in [0.717, 1.165) is 23.3 Å². The van der Waals surface area contributed by atoms with E-state index in [-0.39, 0.29) is 0 Å². The van der Waals surface area contributed by atoms with E-state index in [2.05, 4.69) is 38.3 Å². The van der Waals surface area contributed by atoms with Gasteiger partial charge in [-0.25, -0.2) is 0 Å². The Labute approximate surface area is 97.2 Å². The Kier molecular flexibility index (Phi) is 4.70. The molecule has 0 aliphatic heterocycles. The predicted octanol–water partition coefficient (Wildman–Crippen LogP) is 4.64. The van der Waals surface area contributed by atoms with Crippen molar-refractivity contribution in [1.82, 2.24) is 0 Å². The molecular formula is C14H18S. The first-order chi connectivity index (χ1) is 7.13. The second-order valence-corrected chi connectivity index (χ2v) is 4.67. The molecule has 0 atom stereocenters. The molecule has 0 N–H and O–H groups in total. The van der Waals surface area contributed by atoms with E-state index in [4.69, 9.17) is 0 Å². The highest BCUT2D eigenvalue weighted by Gasteiger charge is 2.04. The van der Waals surface area contributed by atoms with Crippen LogP contribution < -0.4 is 0 Å². The van der Waals surface area contributed by atoms with Crippen LogP contribution in [0.5, 0.6) is 0 Å². The molecule has 0 saturated carbocycles. The van der Waals surface area contributed by atoms with Crippen molar-refractivity contribution in [1.29, 1.82) is 0 Å². The third kappa shape index (κ3) is 3.96. The van der Waals surface area contributed by atoms with Crippen LogP contribution in [0.25, 0.3) is 0 Å². The zero-order valence-corrected chi connectivity index (χ0v) is 10.4. The lowest BCUT2D eigenvalue weighted by molar-refractivity contribution is 0.919. The van der Waals surface area contributed by atoms with E-state index >= 15 is 0 Å². The van der Waals surface area contributed by atoms with Gasteiger partial charge in [0.2, 0.25) is 0 Å².